The van der Waals surface area contributed by atoms with E-state index in [0.29, 0.717) is 13.0 Å². The van der Waals surface area contributed by atoms with E-state index in [2.05, 4.69) is 0 Å². The Morgan fingerprint density at radius 2 is 1.80 bits per heavy atom. The molecule has 1 N–H and O–H groups in total. The maximum absolute atomic E-state index is 12.8. The molecular formula is C19H18F3NO2. The van der Waals surface area contributed by atoms with Crippen LogP contribution in [0.5, 0.6) is 0 Å². The number of halogens is 3. The molecule has 1 aliphatic heterocycles. The van der Waals surface area contributed by atoms with E-state index in [1.807, 2.05) is 30.3 Å². The van der Waals surface area contributed by atoms with Crippen LogP contribution in [0.3, 0.4) is 0 Å². The quantitative estimate of drug-likeness (QED) is 0.898. The molecule has 1 amide bonds. The fourth-order valence-corrected chi connectivity index (χ4v) is 3.22. The van der Waals surface area contributed by atoms with Crippen LogP contribution < -0.4 is 0 Å². The number of piperidine rings is 1. The molecule has 3 rings (SSSR count). The second kappa shape index (κ2) is 6.88. The summed E-state index contributed by atoms with van der Waals surface area (Å²) in [5.74, 6) is -0.566. The number of likely N-dealkylation sites (tertiary alicyclic amines) is 1. The summed E-state index contributed by atoms with van der Waals surface area (Å²) in [5.41, 5.74) is 0.138. The van der Waals surface area contributed by atoms with Crippen molar-refractivity contribution in [2.45, 2.75) is 24.6 Å². The first-order chi connectivity index (χ1) is 11.9. The van der Waals surface area contributed by atoms with Crippen molar-refractivity contribution >= 4 is 5.91 Å². The van der Waals surface area contributed by atoms with Gasteiger partial charge in [0.05, 0.1) is 11.7 Å². The van der Waals surface area contributed by atoms with E-state index in [1.54, 1.807) is 0 Å². The van der Waals surface area contributed by atoms with E-state index in [9.17, 15) is 23.1 Å². The lowest BCUT2D eigenvalue weighted by Gasteiger charge is -2.36. The molecular weight excluding hydrogens is 331 g/mol. The third-order valence-corrected chi connectivity index (χ3v) is 4.53. The van der Waals surface area contributed by atoms with Crippen LogP contribution in [-0.2, 0) is 6.18 Å². The number of rotatable bonds is 2. The molecule has 0 bridgehead atoms. The predicted octanol–water partition coefficient (Wildman–Crippen LogP) is 3.70. The van der Waals surface area contributed by atoms with Crippen molar-refractivity contribution in [1.82, 2.24) is 4.90 Å². The van der Waals surface area contributed by atoms with Crippen LogP contribution >= 0.6 is 0 Å². The Labute approximate surface area is 143 Å². The van der Waals surface area contributed by atoms with Crippen molar-refractivity contribution in [3.8, 4) is 0 Å². The minimum absolute atomic E-state index is 0.0137. The van der Waals surface area contributed by atoms with Gasteiger partial charge in [0, 0.05) is 24.6 Å². The second-order valence-corrected chi connectivity index (χ2v) is 6.20. The topological polar surface area (TPSA) is 40.5 Å². The maximum Gasteiger partial charge on any atom is 0.416 e. The van der Waals surface area contributed by atoms with E-state index in [0.717, 1.165) is 17.7 Å². The molecule has 25 heavy (non-hydrogen) atoms. The van der Waals surface area contributed by atoms with E-state index >= 15 is 0 Å². The molecule has 0 radical (unpaired) electrons. The van der Waals surface area contributed by atoms with Crippen LogP contribution in [0.25, 0.3) is 0 Å². The lowest BCUT2D eigenvalue weighted by molar-refractivity contribution is -0.137. The smallest absolute Gasteiger partial charge is 0.391 e. The van der Waals surface area contributed by atoms with Gasteiger partial charge in [0.1, 0.15) is 0 Å². The summed E-state index contributed by atoms with van der Waals surface area (Å²) in [6, 6.07) is 13.9. The largest absolute Gasteiger partial charge is 0.416 e. The highest BCUT2D eigenvalue weighted by Crippen LogP contribution is 2.31. The highest BCUT2D eigenvalue weighted by Gasteiger charge is 2.34. The van der Waals surface area contributed by atoms with Crippen molar-refractivity contribution in [1.29, 1.82) is 0 Å². The van der Waals surface area contributed by atoms with Gasteiger partial charge in [0.25, 0.3) is 5.91 Å². The molecule has 1 heterocycles. The van der Waals surface area contributed by atoms with Gasteiger partial charge in [-0.15, -0.1) is 0 Å². The van der Waals surface area contributed by atoms with Gasteiger partial charge in [0.2, 0.25) is 0 Å². The van der Waals surface area contributed by atoms with Crippen molar-refractivity contribution in [3.63, 3.8) is 0 Å². The molecule has 0 unspecified atom stereocenters. The maximum atomic E-state index is 12.8. The SMILES string of the molecule is O=C(c1cccc(C(F)(F)F)c1)N1CC[C@H](c2ccccc2)[C@H](O)C1. The molecule has 3 nitrogen and oxygen atoms in total. The van der Waals surface area contributed by atoms with Gasteiger partial charge >= 0.3 is 6.18 Å². The molecule has 1 aliphatic rings. The van der Waals surface area contributed by atoms with Crippen LogP contribution in [0.4, 0.5) is 13.2 Å². The third kappa shape index (κ3) is 3.85. The van der Waals surface area contributed by atoms with Crippen LogP contribution in [0.2, 0.25) is 0 Å². The molecule has 132 valence electrons. The molecule has 1 fully saturated rings. The normalized spacial score (nSPS) is 21.2. The van der Waals surface area contributed by atoms with Gasteiger partial charge < -0.3 is 10.0 Å². The lowest BCUT2D eigenvalue weighted by Crippen LogP contribution is -2.45. The highest BCUT2D eigenvalue weighted by atomic mass is 19.4. The Bertz CT molecular complexity index is 746. The Hall–Kier alpha value is -2.34. The number of benzene rings is 2. The molecule has 1 saturated heterocycles. The minimum atomic E-state index is -4.49. The fraction of sp³-hybridized carbons (Fsp3) is 0.316. The van der Waals surface area contributed by atoms with E-state index in [1.165, 1.54) is 17.0 Å². The molecule has 0 spiro atoms. The van der Waals surface area contributed by atoms with E-state index in [-0.39, 0.29) is 18.0 Å². The summed E-state index contributed by atoms with van der Waals surface area (Å²) in [6.45, 7) is 0.500. The van der Waals surface area contributed by atoms with Crippen molar-refractivity contribution in [2.24, 2.45) is 0 Å². The van der Waals surface area contributed by atoms with Gasteiger partial charge in [-0.3, -0.25) is 4.79 Å². The zero-order valence-electron chi connectivity index (χ0n) is 13.4. The first kappa shape index (κ1) is 17.5. The molecule has 0 saturated carbocycles. The first-order valence-electron chi connectivity index (χ1n) is 8.06. The summed E-state index contributed by atoms with van der Waals surface area (Å²) >= 11 is 0. The second-order valence-electron chi connectivity index (χ2n) is 6.20. The Kier molecular flexibility index (Phi) is 4.81. The zero-order valence-corrected chi connectivity index (χ0v) is 13.4. The Balaban J connectivity index is 1.73. The molecule has 0 aromatic heterocycles. The van der Waals surface area contributed by atoms with E-state index in [4.69, 9.17) is 0 Å². The number of aliphatic hydroxyl groups is 1. The molecule has 2 aromatic rings. The van der Waals surface area contributed by atoms with Crippen molar-refractivity contribution < 1.29 is 23.1 Å². The van der Waals surface area contributed by atoms with Crippen LogP contribution in [-0.4, -0.2) is 35.1 Å². The third-order valence-electron chi connectivity index (χ3n) is 4.53. The van der Waals surface area contributed by atoms with Crippen molar-refractivity contribution in [2.75, 3.05) is 13.1 Å². The summed E-state index contributed by atoms with van der Waals surface area (Å²) in [4.78, 5) is 13.9. The fourth-order valence-electron chi connectivity index (χ4n) is 3.22. The number of hydrogen-bond acceptors (Lipinski definition) is 2. The van der Waals surface area contributed by atoms with Gasteiger partial charge in [0.15, 0.2) is 0 Å². The lowest BCUT2D eigenvalue weighted by atomic mass is 9.87. The summed E-state index contributed by atoms with van der Waals surface area (Å²) in [6.07, 6.45) is -4.67. The van der Waals surface area contributed by atoms with Gasteiger partial charge in [-0.1, -0.05) is 36.4 Å². The highest BCUT2D eigenvalue weighted by molar-refractivity contribution is 5.94. The van der Waals surface area contributed by atoms with Crippen LogP contribution in [0, 0.1) is 0 Å². The predicted molar refractivity (Wildman–Crippen MR) is 87.2 cm³/mol. The van der Waals surface area contributed by atoms with Gasteiger partial charge in [-0.05, 0) is 30.2 Å². The molecule has 0 aliphatic carbocycles. The minimum Gasteiger partial charge on any atom is -0.391 e. The number of aliphatic hydroxyl groups excluding tert-OH is 1. The zero-order chi connectivity index (χ0) is 18.0. The van der Waals surface area contributed by atoms with Gasteiger partial charge in [-0.25, -0.2) is 0 Å². The molecule has 2 atom stereocenters. The summed E-state index contributed by atoms with van der Waals surface area (Å²) in [7, 11) is 0. The number of carbonyl (C=O) groups excluding carboxylic acids is 1. The number of carbonyl (C=O) groups is 1. The standard InChI is InChI=1S/C19H18F3NO2/c20-19(21,22)15-8-4-7-14(11-15)18(25)23-10-9-16(17(24)12-23)13-5-2-1-3-6-13/h1-8,11,16-17,24H,9-10,12H2/t16-,17-/m1/s1. The molecule has 2 aromatic carbocycles. The number of hydrogen-bond donors (Lipinski definition) is 1. The van der Waals surface area contributed by atoms with Crippen LogP contribution in [0.15, 0.2) is 54.6 Å². The average molecular weight is 349 g/mol. The summed E-state index contributed by atoms with van der Waals surface area (Å²) in [5, 5.41) is 10.4. The monoisotopic (exact) mass is 349 g/mol. The first-order valence-corrected chi connectivity index (χ1v) is 8.06. The average Bonchev–Trinajstić information content (AvgIpc) is 2.61. The number of alkyl halides is 3. The van der Waals surface area contributed by atoms with Gasteiger partial charge in [-0.2, -0.15) is 13.2 Å². The Morgan fingerprint density at radius 3 is 2.44 bits per heavy atom. The number of β-amino-alcohol motifs (C(OH)–C–C–N with tert-alkyl or cyclic N) is 1. The Morgan fingerprint density at radius 1 is 1.08 bits per heavy atom. The molecule has 6 heteroatoms. The number of nitrogens with zero attached hydrogens (tertiary/aromatic N) is 1. The van der Waals surface area contributed by atoms with Crippen molar-refractivity contribution in [3.05, 3.63) is 71.3 Å². The van der Waals surface area contributed by atoms with E-state index < -0.39 is 23.8 Å². The number of amides is 1. The van der Waals surface area contributed by atoms with Crippen LogP contribution in [0.1, 0.15) is 33.8 Å². The summed E-state index contributed by atoms with van der Waals surface area (Å²) < 4.78 is 38.4.